The third-order valence-corrected chi connectivity index (χ3v) is 10.6. The van der Waals surface area contributed by atoms with E-state index in [1.54, 1.807) is 79.1 Å². The molecule has 2 aromatic carbocycles. The van der Waals surface area contributed by atoms with Crippen molar-refractivity contribution in [3.8, 4) is 11.5 Å². The number of fused-ring (bicyclic) bond motifs is 6. The maximum Gasteiger partial charge on any atom is 0.297 e. The summed E-state index contributed by atoms with van der Waals surface area (Å²) >= 11 is 12.3. The van der Waals surface area contributed by atoms with Crippen molar-refractivity contribution in [2.24, 2.45) is 14.1 Å². The van der Waals surface area contributed by atoms with Crippen LogP contribution in [0.5, 0.6) is 0 Å². The van der Waals surface area contributed by atoms with E-state index in [1.807, 2.05) is 24.1 Å². The molecular weight excluding hydrogens is 769 g/mol. The number of rotatable bonds is 4. The van der Waals surface area contributed by atoms with E-state index in [4.69, 9.17) is 23.2 Å². The predicted octanol–water partition coefficient (Wildman–Crippen LogP) is 5.57. The van der Waals surface area contributed by atoms with Crippen LogP contribution in [0.2, 0.25) is 10.0 Å². The zero-order valence-corrected chi connectivity index (χ0v) is 32.9. The molecule has 0 saturated carbocycles. The molecule has 7 heterocycles. The van der Waals surface area contributed by atoms with Crippen molar-refractivity contribution in [1.82, 2.24) is 53.4 Å². The molecule has 0 atom stereocenters. The summed E-state index contributed by atoms with van der Waals surface area (Å²) in [7, 11) is 6.84. The lowest BCUT2D eigenvalue weighted by Gasteiger charge is -2.26. The largest absolute Gasteiger partial charge is 0.343 e. The molecule has 0 unspecified atom stereocenters. The Morgan fingerprint density at radius 3 is 1.81 bits per heavy atom. The second kappa shape index (κ2) is 14.9. The van der Waals surface area contributed by atoms with Crippen LogP contribution in [0.4, 0.5) is 0 Å². The molecule has 1 aliphatic rings. The Balaban J connectivity index is 0.000000161. The van der Waals surface area contributed by atoms with Crippen LogP contribution in [0.1, 0.15) is 40.2 Å². The minimum Gasteiger partial charge on any atom is -0.343 e. The van der Waals surface area contributed by atoms with Crippen molar-refractivity contribution in [2.75, 3.05) is 27.2 Å². The summed E-state index contributed by atoms with van der Waals surface area (Å²) in [5, 5.41) is 12.6. The molecule has 0 spiro atoms. The molecule has 17 heteroatoms. The second-order valence-corrected chi connectivity index (χ2v) is 14.7. The number of amides is 2. The maximum atomic E-state index is 13.5. The molecule has 8 aromatic rings. The first-order valence-electron chi connectivity index (χ1n) is 18.1. The summed E-state index contributed by atoms with van der Waals surface area (Å²) in [5.41, 5.74) is 2.63. The van der Waals surface area contributed by atoms with E-state index in [-0.39, 0.29) is 34.6 Å². The van der Waals surface area contributed by atoms with Crippen LogP contribution in [0, 0.1) is 0 Å². The highest BCUT2D eigenvalue weighted by molar-refractivity contribution is 6.32. The Bertz CT molecular complexity index is 3010. The molecule has 6 aromatic heterocycles. The summed E-state index contributed by atoms with van der Waals surface area (Å²) in [6.45, 7) is 1.40. The fraction of sp³-hybridized carbons (Fsp3) is 0.225. The fourth-order valence-corrected chi connectivity index (χ4v) is 7.70. The van der Waals surface area contributed by atoms with Gasteiger partial charge in [-0.25, -0.2) is 4.98 Å². The van der Waals surface area contributed by atoms with Crippen molar-refractivity contribution >= 4 is 78.6 Å². The Morgan fingerprint density at radius 1 is 0.684 bits per heavy atom. The van der Waals surface area contributed by atoms with Gasteiger partial charge in [-0.05, 0) is 55.7 Å². The number of likely N-dealkylation sites (tertiary alicyclic amines) is 1. The van der Waals surface area contributed by atoms with Crippen LogP contribution in [0.15, 0.2) is 89.1 Å². The zero-order chi connectivity index (χ0) is 40.1. The van der Waals surface area contributed by atoms with Gasteiger partial charge in [-0.2, -0.15) is 19.6 Å². The van der Waals surface area contributed by atoms with Crippen LogP contribution in [0.3, 0.4) is 0 Å². The first-order chi connectivity index (χ1) is 27.5. The topological polar surface area (TPSA) is 159 Å². The summed E-state index contributed by atoms with van der Waals surface area (Å²) in [4.78, 5) is 68.4. The number of piperidine rings is 1. The van der Waals surface area contributed by atoms with Gasteiger partial charge in [0.2, 0.25) is 0 Å². The monoisotopic (exact) mass is 803 g/mol. The second-order valence-electron chi connectivity index (χ2n) is 13.8. The van der Waals surface area contributed by atoms with Crippen molar-refractivity contribution in [1.29, 1.82) is 0 Å². The quantitative estimate of drug-likeness (QED) is 0.222. The number of aromatic nitrogens is 9. The first kappa shape index (κ1) is 37.5. The number of hydrogen-bond acceptors (Lipinski definition) is 9. The van der Waals surface area contributed by atoms with Crippen LogP contribution >= 0.6 is 23.2 Å². The molecule has 1 fully saturated rings. The molecule has 0 aliphatic carbocycles. The third kappa shape index (κ3) is 6.47. The van der Waals surface area contributed by atoms with Gasteiger partial charge < -0.3 is 18.9 Å². The molecule has 0 N–H and O–H groups in total. The molecule has 0 radical (unpaired) electrons. The van der Waals surface area contributed by atoms with Crippen LogP contribution in [0.25, 0.3) is 55.1 Å². The minimum atomic E-state index is -0.393. The van der Waals surface area contributed by atoms with Gasteiger partial charge in [0.15, 0.2) is 17.2 Å². The Kier molecular flexibility index (Phi) is 9.79. The number of pyridine rings is 1. The highest BCUT2D eigenvalue weighted by Crippen LogP contribution is 2.32. The number of benzene rings is 2. The lowest BCUT2D eigenvalue weighted by Crippen LogP contribution is -2.37. The molecule has 57 heavy (non-hydrogen) atoms. The number of carbonyl (C=O) groups is 2. The van der Waals surface area contributed by atoms with E-state index in [1.165, 1.54) is 28.2 Å². The highest BCUT2D eigenvalue weighted by Gasteiger charge is 2.28. The number of hydrogen-bond donors (Lipinski definition) is 0. The van der Waals surface area contributed by atoms with Crippen LogP contribution in [-0.2, 0) is 14.1 Å². The van der Waals surface area contributed by atoms with Crippen molar-refractivity contribution in [3.05, 3.63) is 122 Å². The van der Waals surface area contributed by atoms with E-state index in [9.17, 15) is 19.2 Å². The molecule has 1 aliphatic heterocycles. The van der Waals surface area contributed by atoms with Gasteiger partial charge >= 0.3 is 0 Å². The van der Waals surface area contributed by atoms with Gasteiger partial charge in [0.25, 0.3) is 22.9 Å². The Hall–Kier alpha value is -6.45. The molecule has 2 amide bonds. The van der Waals surface area contributed by atoms with Crippen molar-refractivity contribution < 1.29 is 9.59 Å². The normalized spacial score (nSPS) is 13.0. The average molecular weight is 805 g/mol. The summed E-state index contributed by atoms with van der Waals surface area (Å²) in [5.74, 6) is -0.231. The van der Waals surface area contributed by atoms with E-state index in [0.717, 1.165) is 45.8 Å². The van der Waals surface area contributed by atoms with Gasteiger partial charge in [-0.3, -0.25) is 29.1 Å². The lowest BCUT2D eigenvalue weighted by atomic mass is 10.1. The highest BCUT2D eigenvalue weighted by atomic mass is 35.5. The van der Waals surface area contributed by atoms with Gasteiger partial charge in [0.1, 0.15) is 11.0 Å². The van der Waals surface area contributed by atoms with Gasteiger partial charge in [0.05, 0.1) is 22.9 Å². The molecular formula is C40H35Cl2N11O4. The first-order valence-corrected chi connectivity index (χ1v) is 18.8. The number of halogens is 2. The molecule has 15 nitrogen and oxygen atoms in total. The minimum absolute atomic E-state index is 0.148. The van der Waals surface area contributed by atoms with Crippen molar-refractivity contribution in [3.63, 3.8) is 0 Å². The predicted molar refractivity (Wildman–Crippen MR) is 219 cm³/mol. The van der Waals surface area contributed by atoms with E-state index in [2.05, 4.69) is 25.1 Å². The smallest absolute Gasteiger partial charge is 0.297 e. The third-order valence-electron chi connectivity index (χ3n) is 10.1. The number of nitrogens with zero attached hydrogens (tertiary/aromatic N) is 11. The fourth-order valence-electron chi connectivity index (χ4n) is 7.36. The maximum absolute atomic E-state index is 13.5. The molecule has 1 saturated heterocycles. The number of carbonyl (C=O) groups excluding carboxylic acids is 2. The van der Waals surface area contributed by atoms with E-state index < -0.39 is 5.56 Å². The lowest BCUT2D eigenvalue weighted by molar-refractivity contribution is 0.0718. The summed E-state index contributed by atoms with van der Waals surface area (Å²) < 4.78 is 5.92. The molecule has 288 valence electrons. The Morgan fingerprint density at radius 2 is 1.25 bits per heavy atom. The molecule has 9 rings (SSSR count). The van der Waals surface area contributed by atoms with Crippen LogP contribution in [-0.4, -0.2) is 92.4 Å². The van der Waals surface area contributed by atoms with Gasteiger partial charge in [-0.15, -0.1) is 0 Å². The van der Waals surface area contributed by atoms with E-state index in [0.29, 0.717) is 50.6 Å². The SMILES string of the molecule is CN(C)C(=O)c1nn(-c2cnccn2)c(=O)c2c1c1ccc(Cl)cc1n2C.Cn1c2cc(Cl)ccc2c2c(C(=O)N3CCCCC3)nn(-c3ccncc3)c(=O)c21. The Labute approximate surface area is 334 Å². The van der Waals surface area contributed by atoms with E-state index >= 15 is 0 Å². The van der Waals surface area contributed by atoms with Gasteiger partial charge in [-0.1, -0.05) is 35.3 Å². The van der Waals surface area contributed by atoms with Gasteiger partial charge in [0, 0.05) is 97.7 Å². The summed E-state index contributed by atoms with van der Waals surface area (Å²) in [6, 6.07) is 14.1. The van der Waals surface area contributed by atoms with Crippen LogP contribution < -0.4 is 11.1 Å². The average Bonchev–Trinajstić information content (AvgIpc) is 3.69. The summed E-state index contributed by atoms with van der Waals surface area (Å²) in [6.07, 6.45) is 10.6. The standard InChI is InChI=1S/C22H20ClN5O2.C18H15ClN6O2/c1-26-17-13-14(23)5-6-16(17)18-19(21(29)27-11-3-2-4-12-27)25-28(22(30)20(18)26)15-7-9-24-10-8-15;1-23(2)17(26)15-14-11-5-4-10(19)8-12(11)24(3)16(14)18(27)25(22-15)13-9-20-6-7-21-13/h5-10,13H,2-4,11-12H2,1H3;4-9H,1-3H3. The number of aryl methyl sites for hydroxylation is 2. The van der Waals surface area contributed by atoms with Crippen molar-refractivity contribution in [2.45, 2.75) is 19.3 Å². The molecule has 0 bridgehead atoms. The zero-order valence-electron chi connectivity index (χ0n) is 31.3.